The maximum atomic E-state index is 13.4. The van der Waals surface area contributed by atoms with Gasteiger partial charge < -0.3 is 10.0 Å². The van der Waals surface area contributed by atoms with Gasteiger partial charge in [-0.3, -0.25) is 4.79 Å². The number of likely N-dealkylation sites (tertiary alicyclic amines) is 1. The molecule has 20 heavy (non-hydrogen) atoms. The highest BCUT2D eigenvalue weighted by Crippen LogP contribution is 2.34. The van der Waals surface area contributed by atoms with E-state index < -0.39 is 23.2 Å². The topological polar surface area (TPSA) is 57.6 Å². The predicted octanol–water partition coefficient (Wildman–Crippen LogP) is 3.06. The van der Waals surface area contributed by atoms with Crippen molar-refractivity contribution in [2.24, 2.45) is 0 Å². The quantitative estimate of drug-likeness (QED) is 0.917. The van der Waals surface area contributed by atoms with Crippen LogP contribution >= 0.6 is 15.9 Å². The van der Waals surface area contributed by atoms with Crippen molar-refractivity contribution in [3.8, 4) is 0 Å². The summed E-state index contributed by atoms with van der Waals surface area (Å²) in [5.74, 6) is -1.97. The molecule has 0 radical (unpaired) electrons. The van der Waals surface area contributed by atoms with Crippen molar-refractivity contribution < 1.29 is 19.1 Å². The fourth-order valence-corrected chi connectivity index (χ4v) is 3.21. The lowest BCUT2D eigenvalue weighted by Crippen LogP contribution is -2.52. The summed E-state index contributed by atoms with van der Waals surface area (Å²) in [5, 5.41) is 9.46. The van der Waals surface area contributed by atoms with Crippen molar-refractivity contribution in [3.05, 3.63) is 34.1 Å². The second-order valence-corrected chi connectivity index (χ2v) is 5.82. The van der Waals surface area contributed by atoms with Crippen LogP contribution in [-0.4, -0.2) is 34.0 Å². The minimum absolute atomic E-state index is 0.165. The van der Waals surface area contributed by atoms with Gasteiger partial charge in [-0.2, -0.15) is 0 Å². The van der Waals surface area contributed by atoms with Gasteiger partial charge in [0.05, 0.1) is 0 Å². The first-order chi connectivity index (χ1) is 9.40. The molecule has 6 heteroatoms. The highest BCUT2D eigenvalue weighted by Gasteiger charge is 2.48. The van der Waals surface area contributed by atoms with Crippen LogP contribution < -0.4 is 0 Å². The summed E-state index contributed by atoms with van der Waals surface area (Å²) < 4.78 is 13.8. The van der Waals surface area contributed by atoms with Crippen molar-refractivity contribution in [3.63, 3.8) is 0 Å². The van der Waals surface area contributed by atoms with Crippen LogP contribution in [0.15, 0.2) is 22.7 Å². The summed E-state index contributed by atoms with van der Waals surface area (Å²) in [4.78, 5) is 25.4. The fourth-order valence-electron chi connectivity index (χ4n) is 2.75. The molecule has 1 aliphatic heterocycles. The molecular weight excluding hydrogens is 329 g/mol. The van der Waals surface area contributed by atoms with Gasteiger partial charge in [-0.25, -0.2) is 9.18 Å². The first-order valence-electron chi connectivity index (χ1n) is 6.42. The number of nitrogens with zero attached hydrogens (tertiary/aromatic N) is 1. The lowest BCUT2D eigenvalue weighted by Gasteiger charge is -2.34. The molecule has 1 atom stereocenters. The Kier molecular flexibility index (Phi) is 4.13. The standard InChI is InChI=1S/C14H15BrFNO3/c1-2-14(13(19)20)4-3-5-17(14)12(18)9-6-10(15)8-11(16)7-9/h6-8H,2-5H2,1H3,(H,19,20). The molecule has 1 aliphatic rings. The van der Waals surface area contributed by atoms with Crippen LogP contribution in [0.2, 0.25) is 0 Å². The number of carboxylic acids is 1. The Hall–Kier alpha value is -1.43. The van der Waals surface area contributed by atoms with E-state index in [1.807, 2.05) is 0 Å². The third kappa shape index (κ3) is 2.44. The number of rotatable bonds is 3. The van der Waals surface area contributed by atoms with Gasteiger partial charge in [-0.15, -0.1) is 0 Å². The minimum Gasteiger partial charge on any atom is -0.479 e. The van der Waals surface area contributed by atoms with E-state index in [2.05, 4.69) is 15.9 Å². The van der Waals surface area contributed by atoms with E-state index in [1.54, 1.807) is 6.92 Å². The molecule has 0 saturated carbocycles. The summed E-state index contributed by atoms with van der Waals surface area (Å²) in [6.45, 7) is 2.13. The third-order valence-electron chi connectivity index (χ3n) is 3.83. The van der Waals surface area contributed by atoms with Gasteiger partial charge in [-0.1, -0.05) is 22.9 Å². The molecule has 1 amide bonds. The first kappa shape index (κ1) is 15.0. The summed E-state index contributed by atoms with van der Waals surface area (Å²) in [7, 11) is 0. The number of carbonyl (C=O) groups excluding carboxylic acids is 1. The summed E-state index contributed by atoms with van der Waals surface area (Å²) in [5.41, 5.74) is -1.01. The lowest BCUT2D eigenvalue weighted by molar-refractivity contribution is -0.148. The number of benzene rings is 1. The Morgan fingerprint density at radius 2 is 2.15 bits per heavy atom. The van der Waals surface area contributed by atoms with E-state index in [-0.39, 0.29) is 5.56 Å². The Balaban J connectivity index is 2.39. The second kappa shape index (κ2) is 5.52. The van der Waals surface area contributed by atoms with Crippen LogP contribution in [0.1, 0.15) is 36.5 Å². The maximum Gasteiger partial charge on any atom is 0.329 e. The molecule has 2 rings (SSSR count). The Morgan fingerprint density at radius 3 is 2.70 bits per heavy atom. The summed E-state index contributed by atoms with van der Waals surface area (Å²) >= 11 is 3.14. The lowest BCUT2D eigenvalue weighted by atomic mass is 9.92. The largest absolute Gasteiger partial charge is 0.479 e. The average molecular weight is 344 g/mol. The normalized spacial score (nSPS) is 22.1. The molecule has 1 aromatic rings. The number of hydrogen-bond acceptors (Lipinski definition) is 2. The number of amides is 1. The Labute approximate surface area is 124 Å². The van der Waals surface area contributed by atoms with Gasteiger partial charge in [-0.05, 0) is 37.5 Å². The van der Waals surface area contributed by atoms with Crippen molar-refractivity contribution in [2.45, 2.75) is 31.7 Å². The Bertz CT molecular complexity index is 543. The van der Waals surface area contributed by atoms with Crippen molar-refractivity contribution >= 4 is 27.8 Å². The van der Waals surface area contributed by atoms with Gasteiger partial charge in [0.1, 0.15) is 11.4 Å². The molecule has 0 bridgehead atoms. The summed E-state index contributed by atoms with van der Waals surface area (Å²) in [6, 6.07) is 3.89. The van der Waals surface area contributed by atoms with Gasteiger partial charge in [0.15, 0.2) is 0 Å². The zero-order valence-electron chi connectivity index (χ0n) is 11.0. The van der Waals surface area contributed by atoms with E-state index in [0.29, 0.717) is 30.3 Å². The van der Waals surface area contributed by atoms with Crippen LogP contribution in [0, 0.1) is 5.82 Å². The molecule has 108 valence electrons. The number of carboxylic acid groups (broad SMARTS) is 1. The van der Waals surface area contributed by atoms with Gasteiger partial charge in [0, 0.05) is 16.6 Å². The van der Waals surface area contributed by atoms with E-state index in [9.17, 15) is 19.1 Å². The van der Waals surface area contributed by atoms with E-state index in [4.69, 9.17) is 0 Å². The van der Waals surface area contributed by atoms with Gasteiger partial charge >= 0.3 is 5.97 Å². The molecule has 0 aliphatic carbocycles. The first-order valence-corrected chi connectivity index (χ1v) is 7.21. The highest BCUT2D eigenvalue weighted by atomic mass is 79.9. The van der Waals surface area contributed by atoms with Crippen LogP contribution in [0.5, 0.6) is 0 Å². The molecule has 1 N–H and O–H groups in total. The number of aliphatic carboxylic acids is 1. The van der Waals surface area contributed by atoms with Crippen molar-refractivity contribution in [1.82, 2.24) is 4.90 Å². The van der Waals surface area contributed by atoms with Crippen molar-refractivity contribution in [2.75, 3.05) is 6.54 Å². The van der Waals surface area contributed by atoms with Gasteiger partial charge in [0.25, 0.3) is 5.91 Å². The second-order valence-electron chi connectivity index (χ2n) is 4.91. The fraction of sp³-hybridized carbons (Fsp3) is 0.429. The molecule has 1 aromatic carbocycles. The molecular formula is C14H15BrFNO3. The third-order valence-corrected chi connectivity index (χ3v) is 4.28. The summed E-state index contributed by atoms with van der Waals surface area (Å²) in [6.07, 6.45) is 1.41. The number of hydrogen-bond donors (Lipinski definition) is 1. The molecule has 1 unspecified atom stereocenters. The molecule has 0 spiro atoms. The molecule has 1 saturated heterocycles. The molecule has 1 heterocycles. The van der Waals surface area contributed by atoms with Crippen LogP contribution in [0.4, 0.5) is 4.39 Å². The van der Waals surface area contributed by atoms with Crippen LogP contribution in [0.3, 0.4) is 0 Å². The Morgan fingerprint density at radius 1 is 1.45 bits per heavy atom. The van der Waals surface area contributed by atoms with Crippen molar-refractivity contribution in [1.29, 1.82) is 0 Å². The number of halogens is 2. The van der Waals surface area contributed by atoms with Crippen LogP contribution in [-0.2, 0) is 4.79 Å². The van der Waals surface area contributed by atoms with Gasteiger partial charge in [0.2, 0.25) is 0 Å². The van der Waals surface area contributed by atoms with E-state index in [1.165, 1.54) is 17.0 Å². The zero-order chi connectivity index (χ0) is 14.9. The highest BCUT2D eigenvalue weighted by molar-refractivity contribution is 9.10. The zero-order valence-corrected chi connectivity index (χ0v) is 12.6. The minimum atomic E-state index is -1.17. The maximum absolute atomic E-state index is 13.4. The monoisotopic (exact) mass is 343 g/mol. The molecule has 0 aromatic heterocycles. The predicted molar refractivity (Wildman–Crippen MR) is 75.0 cm³/mol. The SMILES string of the molecule is CCC1(C(=O)O)CCCN1C(=O)c1cc(F)cc(Br)c1. The smallest absolute Gasteiger partial charge is 0.329 e. The van der Waals surface area contributed by atoms with Crippen LogP contribution in [0.25, 0.3) is 0 Å². The average Bonchev–Trinajstić information content (AvgIpc) is 2.81. The number of carbonyl (C=O) groups is 2. The van der Waals surface area contributed by atoms with E-state index >= 15 is 0 Å². The molecule has 4 nitrogen and oxygen atoms in total. The van der Waals surface area contributed by atoms with E-state index in [0.717, 1.165) is 6.07 Å². The molecule has 1 fully saturated rings.